The number of benzene rings is 2. The maximum absolute atomic E-state index is 10.7. The van der Waals surface area contributed by atoms with Crippen LogP contribution in [-0.2, 0) is 17.8 Å². The van der Waals surface area contributed by atoms with Crippen LogP contribution in [-0.4, -0.2) is 16.1 Å². The predicted octanol–water partition coefficient (Wildman–Crippen LogP) is 4.69. The summed E-state index contributed by atoms with van der Waals surface area (Å²) >= 11 is 0. The zero-order valence-electron chi connectivity index (χ0n) is 14.8. The number of aliphatic carboxylic acids is 1. The molecule has 0 aliphatic carbocycles. The van der Waals surface area contributed by atoms with E-state index < -0.39 is 5.97 Å². The second-order valence-electron chi connectivity index (χ2n) is 6.37. The van der Waals surface area contributed by atoms with E-state index in [1.54, 1.807) is 0 Å². The molecule has 3 aromatic rings. The maximum atomic E-state index is 10.7. The van der Waals surface area contributed by atoms with Crippen molar-refractivity contribution in [1.29, 1.82) is 0 Å². The SMILES string of the molecule is Cc1cccc(CNc2ccc(-c3cccc(CCC(=O)O)c3)cn2)c1. The van der Waals surface area contributed by atoms with Gasteiger partial charge in [-0.25, -0.2) is 4.98 Å². The van der Waals surface area contributed by atoms with E-state index in [0.29, 0.717) is 6.42 Å². The first-order valence-corrected chi connectivity index (χ1v) is 8.67. The molecular weight excluding hydrogens is 324 g/mol. The number of aryl methyl sites for hydroxylation is 2. The lowest BCUT2D eigenvalue weighted by Gasteiger charge is -2.08. The van der Waals surface area contributed by atoms with Crippen LogP contribution in [0.15, 0.2) is 66.9 Å². The standard InChI is InChI=1S/C22H22N2O2/c1-16-4-2-6-18(12-16)14-23-21-10-9-20(15-24-21)19-7-3-5-17(13-19)8-11-22(25)26/h2-7,9-10,12-13,15H,8,11,14H2,1H3,(H,23,24)(H,25,26). The minimum Gasteiger partial charge on any atom is -0.481 e. The van der Waals surface area contributed by atoms with E-state index in [-0.39, 0.29) is 6.42 Å². The summed E-state index contributed by atoms with van der Waals surface area (Å²) in [6.45, 7) is 2.82. The van der Waals surface area contributed by atoms with Crippen molar-refractivity contribution in [3.63, 3.8) is 0 Å². The van der Waals surface area contributed by atoms with Crippen molar-refractivity contribution < 1.29 is 9.90 Å². The number of carboxylic acid groups (broad SMARTS) is 1. The minimum absolute atomic E-state index is 0.142. The number of hydrogen-bond acceptors (Lipinski definition) is 3. The summed E-state index contributed by atoms with van der Waals surface area (Å²) in [5.74, 6) is 0.0541. The van der Waals surface area contributed by atoms with Gasteiger partial charge in [-0.15, -0.1) is 0 Å². The van der Waals surface area contributed by atoms with Gasteiger partial charge in [-0.1, -0.05) is 54.1 Å². The molecule has 2 N–H and O–H groups in total. The molecule has 4 heteroatoms. The Labute approximate surface area is 153 Å². The fourth-order valence-corrected chi connectivity index (χ4v) is 2.84. The molecule has 3 rings (SSSR count). The average Bonchev–Trinajstić information content (AvgIpc) is 2.65. The van der Waals surface area contributed by atoms with E-state index in [2.05, 4.69) is 41.5 Å². The smallest absolute Gasteiger partial charge is 0.303 e. The van der Waals surface area contributed by atoms with Crippen molar-refractivity contribution in [2.45, 2.75) is 26.3 Å². The minimum atomic E-state index is -0.777. The van der Waals surface area contributed by atoms with Crippen molar-refractivity contribution in [1.82, 2.24) is 4.98 Å². The number of pyridine rings is 1. The molecule has 0 amide bonds. The third-order valence-corrected chi connectivity index (χ3v) is 4.21. The highest BCUT2D eigenvalue weighted by molar-refractivity contribution is 5.68. The van der Waals surface area contributed by atoms with Crippen LogP contribution in [0.4, 0.5) is 5.82 Å². The lowest BCUT2D eigenvalue weighted by molar-refractivity contribution is -0.136. The number of aromatic nitrogens is 1. The Morgan fingerprint density at radius 1 is 1.00 bits per heavy atom. The van der Waals surface area contributed by atoms with E-state index in [1.165, 1.54) is 11.1 Å². The van der Waals surface area contributed by atoms with Crippen molar-refractivity contribution in [3.05, 3.63) is 83.6 Å². The van der Waals surface area contributed by atoms with Gasteiger partial charge in [0, 0.05) is 24.7 Å². The molecule has 4 nitrogen and oxygen atoms in total. The highest BCUT2D eigenvalue weighted by Crippen LogP contribution is 2.21. The van der Waals surface area contributed by atoms with Gasteiger partial charge in [-0.2, -0.15) is 0 Å². The predicted molar refractivity (Wildman–Crippen MR) is 104 cm³/mol. The highest BCUT2D eigenvalue weighted by atomic mass is 16.4. The number of nitrogens with one attached hydrogen (secondary N) is 1. The molecule has 0 atom stereocenters. The molecular formula is C22H22N2O2. The fraction of sp³-hybridized carbons (Fsp3) is 0.182. The Kier molecular flexibility index (Phi) is 5.64. The van der Waals surface area contributed by atoms with Gasteiger partial charge in [0.05, 0.1) is 0 Å². The normalized spacial score (nSPS) is 10.5. The van der Waals surface area contributed by atoms with Crippen LogP contribution in [0.2, 0.25) is 0 Å². The van der Waals surface area contributed by atoms with Gasteiger partial charge in [0.15, 0.2) is 0 Å². The van der Waals surface area contributed by atoms with E-state index in [9.17, 15) is 4.79 Å². The third kappa shape index (κ3) is 4.93. The quantitative estimate of drug-likeness (QED) is 0.652. The Balaban J connectivity index is 1.65. The summed E-state index contributed by atoms with van der Waals surface area (Å²) in [5, 5.41) is 12.2. The van der Waals surface area contributed by atoms with Gasteiger partial charge in [0.1, 0.15) is 5.82 Å². The maximum Gasteiger partial charge on any atom is 0.303 e. The number of rotatable bonds is 7. The molecule has 132 valence electrons. The molecule has 0 bridgehead atoms. The first kappa shape index (κ1) is 17.7. The molecule has 0 saturated carbocycles. The first-order valence-electron chi connectivity index (χ1n) is 8.67. The summed E-state index contributed by atoms with van der Waals surface area (Å²) in [5.41, 5.74) is 5.55. The number of nitrogens with zero attached hydrogens (tertiary/aromatic N) is 1. The van der Waals surface area contributed by atoms with Gasteiger partial charge < -0.3 is 10.4 Å². The molecule has 0 saturated heterocycles. The lowest BCUT2D eigenvalue weighted by atomic mass is 10.0. The number of hydrogen-bond donors (Lipinski definition) is 2. The highest BCUT2D eigenvalue weighted by Gasteiger charge is 2.03. The Morgan fingerprint density at radius 2 is 1.81 bits per heavy atom. The fourth-order valence-electron chi connectivity index (χ4n) is 2.84. The van der Waals surface area contributed by atoms with Gasteiger partial charge in [0.2, 0.25) is 0 Å². The second-order valence-corrected chi connectivity index (χ2v) is 6.37. The Bertz CT molecular complexity index is 889. The second kappa shape index (κ2) is 8.30. The molecule has 0 spiro atoms. The van der Waals surface area contributed by atoms with Gasteiger partial charge in [-0.05, 0) is 42.2 Å². The van der Waals surface area contributed by atoms with Gasteiger partial charge in [-0.3, -0.25) is 4.79 Å². The number of carbonyl (C=O) groups is 1. The van der Waals surface area contributed by atoms with Crippen LogP contribution in [0.3, 0.4) is 0 Å². The van der Waals surface area contributed by atoms with Crippen LogP contribution in [0, 0.1) is 6.92 Å². The molecule has 0 fully saturated rings. The molecule has 26 heavy (non-hydrogen) atoms. The van der Waals surface area contributed by atoms with Gasteiger partial charge >= 0.3 is 5.97 Å². The third-order valence-electron chi connectivity index (χ3n) is 4.21. The van der Waals surface area contributed by atoms with E-state index in [4.69, 9.17) is 5.11 Å². The van der Waals surface area contributed by atoms with Gasteiger partial charge in [0.25, 0.3) is 0 Å². The van der Waals surface area contributed by atoms with Crippen molar-refractivity contribution in [2.75, 3.05) is 5.32 Å². The van der Waals surface area contributed by atoms with Crippen LogP contribution in [0.5, 0.6) is 0 Å². The van der Waals surface area contributed by atoms with Crippen LogP contribution in [0.25, 0.3) is 11.1 Å². The van der Waals surface area contributed by atoms with Crippen molar-refractivity contribution >= 4 is 11.8 Å². The molecule has 0 radical (unpaired) electrons. The van der Waals surface area contributed by atoms with Crippen LogP contribution < -0.4 is 5.32 Å². The summed E-state index contributed by atoms with van der Waals surface area (Å²) in [6.07, 6.45) is 2.52. The van der Waals surface area contributed by atoms with Crippen molar-refractivity contribution in [3.8, 4) is 11.1 Å². The topological polar surface area (TPSA) is 62.2 Å². The molecule has 1 aromatic heterocycles. The zero-order valence-corrected chi connectivity index (χ0v) is 14.8. The Hall–Kier alpha value is -3.14. The van der Waals surface area contributed by atoms with E-state index >= 15 is 0 Å². The first-order chi connectivity index (χ1) is 12.6. The summed E-state index contributed by atoms with van der Waals surface area (Å²) < 4.78 is 0. The lowest BCUT2D eigenvalue weighted by Crippen LogP contribution is -2.01. The van der Waals surface area contributed by atoms with E-state index in [0.717, 1.165) is 29.1 Å². The summed E-state index contributed by atoms with van der Waals surface area (Å²) in [4.78, 5) is 15.2. The van der Waals surface area contributed by atoms with Crippen LogP contribution in [0.1, 0.15) is 23.1 Å². The molecule has 0 unspecified atom stereocenters. The summed E-state index contributed by atoms with van der Waals surface area (Å²) in [6, 6.07) is 20.3. The zero-order chi connectivity index (χ0) is 18.4. The van der Waals surface area contributed by atoms with Crippen LogP contribution >= 0.6 is 0 Å². The largest absolute Gasteiger partial charge is 0.481 e. The van der Waals surface area contributed by atoms with Crippen molar-refractivity contribution in [2.24, 2.45) is 0 Å². The molecule has 1 heterocycles. The molecule has 0 aliphatic heterocycles. The summed E-state index contributed by atoms with van der Waals surface area (Å²) in [7, 11) is 0. The molecule has 0 aliphatic rings. The Morgan fingerprint density at radius 3 is 2.54 bits per heavy atom. The number of carboxylic acids is 1. The average molecular weight is 346 g/mol. The molecule has 2 aromatic carbocycles. The van der Waals surface area contributed by atoms with E-state index in [1.807, 2.05) is 42.6 Å². The monoisotopic (exact) mass is 346 g/mol. The number of anilines is 1.